The maximum absolute atomic E-state index is 13.2. The Balaban J connectivity index is 1.61. The number of fused-ring (bicyclic) bond motifs is 1. The van der Waals surface area contributed by atoms with Gasteiger partial charge in [-0.3, -0.25) is 10.1 Å². The molecule has 1 aromatic heterocycles. The molecule has 5 nitrogen and oxygen atoms in total. The summed E-state index contributed by atoms with van der Waals surface area (Å²) in [7, 11) is 0. The lowest BCUT2D eigenvalue weighted by Crippen LogP contribution is -2.32. The number of hydrogen-bond donors (Lipinski definition) is 1. The molecule has 29 heavy (non-hydrogen) atoms. The fraction of sp³-hybridized carbons (Fsp3) is 0.261. The first-order chi connectivity index (χ1) is 14.2. The summed E-state index contributed by atoms with van der Waals surface area (Å²) in [6, 6.07) is 18.2. The quantitative estimate of drug-likeness (QED) is 0.651. The number of hydrogen-bond acceptors (Lipinski definition) is 4. The molecule has 0 saturated heterocycles. The van der Waals surface area contributed by atoms with Crippen LogP contribution < -0.4 is 5.32 Å². The predicted octanol–water partition coefficient (Wildman–Crippen LogP) is 4.99. The summed E-state index contributed by atoms with van der Waals surface area (Å²) < 4.78 is 2.14. The number of unbranched alkanes of at least 4 members (excludes halogenated alkanes) is 1. The Morgan fingerprint density at radius 1 is 1.10 bits per heavy atom. The first kappa shape index (κ1) is 19.5. The summed E-state index contributed by atoms with van der Waals surface area (Å²) in [5.74, 6) is 0.556. The molecule has 0 unspecified atom stereocenters. The molecule has 1 amide bonds. The van der Waals surface area contributed by atoms with Crippen LogP contribution in [0.25, 0.3) is 10.9 Å². The molecule has 1 aliphatic rings. The first-order valence-electron chi connectivity index (χ1n) is 9.91. The molecule has 0 saturated carbocycles. The number of benzene rings is 2. The van der Waals surface area contributed by atoms with Crippen molar-refractivity contribution in [3.05, 3.63) is 71.4 Å². The molecule has 6 heteroatoms. The Morgan fingerprint density at radius 3 is 2.59 bits per heavy atom. The van der Waals surface area contributed by atoms with Gasteiger partial charge in [0.25, 0.3) is 5.91 Å². The SMILES string of the molecule is CCCCn1c(C(=O)NC2=NN=C(c3ccccc3)CS2)c(C)c2ccccc21. The van der Waals surface area contributed by atoms with E-state index in [0.717, 1.165) is 47.1 Å². The number of nitrogens with zero attached hydrogens (tertiary/aromatic N) is 3. The van der Waals surface area contributed by atoms with Gasteiger partial charge >= 0.3 is 0 Å². The van der Waals surface area contributed by atoms with E-state index in [4.69, 9.17) is 0 Å². The van der Waals surface area contributed by atoms with Crippen LogP contribution in [0, 0.1) is 6.92 Å². The number of amidine groups is 1. The molecule has 1 aliphatic heterocycles. The van der Waals surface area contributed by atoms with Gasteiger partial charge in [0.1, 0.15) is 5.69 Å². The highest BCUT2D eigenvalue weighted by Crippen LogP contribution is 2.26. The summed E-state index contributed by atoms with van der Waals surface area (Å²) in [6.45, 7) is 5.00. The van der Waals surface area contributed by atoms with Crippen molar-refractivity contribution in [3.63, 3.8) is 0 Å². The van der Waals surface area contributed by atoms with Crippen molar-refractivity contribution in [1.82, 2.24) is 9.88 Å². The third-order valence-corrected chi connectivity index (χ3v) is 5.98. The van der Waals surface area contributed by atoms with E-state index in [2.05, 4.69) is 39.1 Å². The zero-order chi connectivity index (χ0) is 20.2. The van der Waals surface area contributed by atoms with Crippen molar-refractivity contribution in [3.8, 4) is 0 Å². The number of thioether (sulfide) groups is 1. The minimum Gasteiger partial charge on any atom is -0.336 e. The van der Waals surface area contributed by atoms with E-state index >= 15 is 0 Å². The zero-order valence-electron chi connectivity index (χ0n) is 16.7. The number of nitrogens with one attached hydrogen (secondary N) is 1. The Bertz CT molecular complexity index is 1100. The lowest BCUT2D eigenvalue weighted by molar-refractivity contribution is 0.0968. The van der Waals surface area contributed by atoms with Gasteiger partial charge in [-0.1, -0.05) is 73.6 Å². The minimum absolute atomic E-state index is 0.126. The van der Waals surface area contributed by atoms with Gasteiger partial charge in [0.05, 0.1) is 5.71 Å². The number of amides is 1. The third-order valence-electron chi connectivity index (χ3n) is 5.11. The molecule has 0 aliphatic carbocycles. The van der Waals surface area contributed by atoms with Crippen LogP contribution in [0.2, 0.25) is 0 Å². The average molecular weight is 405 g/mol. The van der Waals surface area contributed by atoms with E-state index in [0.29, 0.717) is 16.6 Å². The van der Waals surface area contributed by atoms with Gasteiger partial charge in [0.2, 0.25) is 0 Å². The van der Waals surface area contributed by atoms with E-state index in [1.807, 2.05) is 49.4 Å². The van der Waals surface area contributed by atoms with Crippen LogP contribution in [0.4, 0.5) is 0 Å². The van der Waals surface area contributed by atoms with Gasteiger partial charge in [0, 0.05) is 23.2 Å². The highest BCUT2D eigenvalue weighted by Gasteiger charge is 2.22. The third kappa shape index (κ3) is 3.98. The van der Waals surface area contributed by atoms with Gasteiger partial charge in [-0.2, -0.15) is 5.10 Å². The van der Waals surface area contributed by atoms with Crippen molar-refractivity contribution in [2.45, 2.75) is 33.2 Å². The first-order valence-corrected chi connectivity index (χ1v) is 10.9. The van der Waals surface area contributed by atoms with E-state index in [-0.39, 0.29) is 5.91 Å². The van der Waals surface area contributed by atoms with Crippen LogP contribution in [0.5, 0.6) is 0 Å². The second kappa shape index (κ2) is 8.66. The Labute approximate surface area is 174 Å². The fourth-order valence-electron chi connectivity index (χ4n) is 3.61. The highest BCUT2D eigenvalue weighted by molar-refractivity contribution is 8.14. The molecule has 4 rings (SSSR count). The van der Waals surface area contributed by atoms with Gasteiger partial charge in [-0.15, -0.1) is 5.10 Å². The molecule has 1 N–H and O–H groups in total. The molecule has 148 valence electrons. The Morgan fingerprint density at radius 2 is 1.86 bits per heavy atom. The monoisotopic (exact) mass is 404 g/mol. The number of rotatable bonds is 5. The maximum atomic E-state index is 13.2. The summed E-state index contributed by atoms with van der Waals surface area (Å²) >= 11 is 1.50. The molecule has 0 bridgehead atoms. The predicted molar refractivity (Wildman–Crippen MR) is 122 cm³/mol. The number of para-hydroxylation sites is 1. The van der Waals surface area contributed by atoms with Crippen molar-refractivity contribution in [1.29, 1.82) is 0 Å². The van der Waals surface area contributed by atoms with Gasteiger partial charge in [0.15, 0.2) is 5.17 Å². The van der Waals surface area contributed by atoms with E-state index in [9.17, 15) is 4.79 Å². The lowest BCUT2D eigenvalue weighted by atomic mass is 10.1. The Kier molecular flexibility index (Phi) is 5.81. The van der Waals surface area contributed by atoms with Crippen LogP contribution in [-0.2, 0) is 6.54 Å². The maximum Gasteiger partial charge on any atom is 0.274 e. The molecule has 2 heterocycles. The Hall–Kier alpha value is -2.86. The zero-order valence-corrected chi connectivity index (χ0v) is 17.5. The van der Waals surface area contributed by atoms with Gasteiger partial charge < -0.3 is 4.57 Å². The second-order valence-electron chi connectivity index (χ2n) is 7.06. The van der Waals surface area contributed by atoms with E-state index in [1.54, 1.807) is 0 Å². The topological polar surface area (TPSA) is 58.8 Å². The standard InChI is InChI=1S/C23H24N4OS/c1-3-4-14-27-20-13-9-8-12-18(20)16(2)21(27)22(28)24-23-26-25-19(15-29-23)17-10-6-5-7-11-17/h5-13H,3-4,14-15H2,1-2H3,(H,24,26,28). The summed E-state index contributed by atoms with van der Waals surface area (Å²) in [5.41, 5.74) is 4.79. The van der Waals surface area contributed by atoms with Crippen LogP contribution in [0.1, 0.15) is 41.4 Å². The van der Waals surface area contributed by atoms with Crippen LogP contribution in [0.15, 0.2) is 64.8 Å². The number of carbonyl (C=O) groups is 1. The van der Waals surface area contributed by atoms with E-state index < -0.39 is 0 Å². The summed E-state index contributed by atoms with van der Waals surface area (Å²) in [5, 5.41) is 13.2. The average Bonchev–Trinajstić information content (AvgIpc) is 3.05. The normalized spacial score (nSPS) is 13.9. The van der Waals surface area contributed by atoms with Crippen molar-refractivity contribution in [2.75, 3.05) is 5.75 Å². The largest absolute Gasteiger partial charge is 0.336 e. The second-order valence-corrected chi connectivity index (χ2v) is 8.02. The molecule has 3 aromatic rings. The fourth-order valence-corrected chi connectivity index (χ4v) is 4.37. The van der Waals surface area contributed by atoms with Crippen molar-refractivity contribution >= 4 is 39.5 Å². The van der Waals surface area contributed by atoms with Crippen LogP contribution >= 0.6 is 11.8 Å². The number of aryl methyl sites for hydroxylation is 2. The minimum atomic E-state index is -0.126. The van der Waals surface area contributed by atoms with E-state index in [1.165, 1.54) is 11.8 Å². The summed E-state index contributed by atoms with van der Waals surface area (Å²) in [4.78, 5) is 13.2. The molecule has 2 aromatic carbocycles. The molecule has 0 fully saturated rings. The number of carbonyl (C=O) groups excluding carboxylic acids is 1. The molecule has 0 atom stereocenters. The molecule has 0 radical (unpaired) electrons. The highest BCUT2D eigenvalue weighted by atomic mass is 32.2. The van der Waals surface area contributed by atoms with Crippen LogP contribution in [-0.4, -0.2) is 27.1 Å². The van der Waals surface area contributed by atoms with Crippen LogP contribution in [0.3, 0.4) is 0 Å². The number of aromatic nitrogens is 1. The molecular formula is C23H24N4OS. The van der Waals surface area contributed by atoms with Crippen molar-refractivity contribution in [2.24, 2.45) is 10.2 Å². The van der Waals surface area contributed by atoms with Crippen molar-refractivity contribution < 1.29 is 4.79 Å². The van der Waals surface area contributed by atoms with Gasteiger partial charge in [-0.05, 0) is 30.5 Å². The lowest BCUT2D eigenvalue weighted by Gasteiger charge is -2.14. The molecular weight excluding hydrogens is 380 g/mol. The van der Waals surface area contributed by atoms with Gasteiger partial charge in [-0.25, -0.2) is 0 Å². The summed E-state index contributed by atoms with van der Waals surface area (Å²) in [6.07, 6.45) is 2.10. The smallest absolute Gasteiger partial charge is 0.274 e. The molecule has 0 spiro atoms.